The van der Waals surface area contributed by atoms with E-state index in [1.807, 2.05) is 63.5 Å². The topological polar surface area (TPSA) is 49.4 Å². The van der Waals surface area contributed by atoms with Gasteiger partial charge in [-0.1, -0.05) is 30.3 Å². The maximum Gasteiger partial charge on any atom is 0.261 e. The Bertz CT molecular complexity index is 1030. The third-order valence-corrected chi connectivity index (χ3v) is 7.13. The van der Waals surface area contributed by atoms with Gasteiger partial charge in [0.1, 0.15) is 0 Å². The Balaban J connectivity index is 1.42. The minimum atomic E-state index is -0.0803. The second kappa shape index (κ2) is 9.84. The molecule has 0 atom stereocenters. The van der Waals surface area contributed by atoms with E-state index in [-0.39, 0.29) is 11.8 Å². The maximum absolute atomic E-state index is 13.2. The molecule has 0 saturated carbocycles. The van der Waals surface area contributed by atoms with Crippen molar-refractivity contribution in [2.24, 2.45) is 0 Å². The number of thiophene rings is 3. The van der Waals surface area contributed by atoms with E-state index in [1.165, 1.54) is 11.3 Å². The van der Waals surface area contributed by atoms with E-state index in [1.54, 1.807) is 28.7 Å². The van der Waals surface area contributed by atoms with Gasteiger partial charge in [0.25, 0.3) is 11.8 Å². The molecule has 0 unspecified atom stereocenters. The van der Waals surface area contributed by atoms with Crippen LogP contribution in [0.4, 0.5) is 0 Å². The van der Waals surface area contributed by atoms with Crippen molar-refractivity contribution in [3.8, 4) is 0 Å². The van der Waals surface area contributed by atoms with Crippen LogP contribution in [0.1, 0.15) is 35.3 Å². The summed E-state index contributed by atoms with van der Waals surface area (Å²) in [6.07, 6.45) is 0. The third-order valence-electron chi connectivity index (χ3n) is 4.54. The van der Waals surface area contributed by atoms with Gasteiger partial charge in [0.2, 0.25) is 0 Å². The first-order valence-electron chi connectivity index (χ1n) is 9.44. The number of hydrogen-bond donors (Lipinski definition) is 1. The molecule has 4 rings (SSSR count). The van der Waals surface area contributed by atoms with Gasteiger partial charge in [-0.05, 0) is 52.0 Å². The summed E-state index contributed by atoms with van der Waals surface area (Å²) in [5.74, 6) is -0.0748. The molecule has 0 spiro atoms. The van der Waals surface area contributed by atoms with Gasteiger partial charge in [0.15, 0.2) is 0 Å². The van der Waals surface area contributed by atoms with Crippen molar-refractivity contribution in [1.29, 1.82) is 0 Å². The zero-order valence-corrected chi connectivity index (χ0v) is 18.6. The molecule has 0 aliphatic rings. The van der Waals surface area contributed by atoms with Crippen LogP contribution in [0.2, 0.25) is 0 Å². The number of nitrogens with one attached hydrogen (secondary N) is 1. The van der Waals surface area contributed by atoms with Gasteiger partial charge >= 0.3 is 0 Å². The zero-order chi connectivity index (χ0) is 20.8. The van der Waals surface area contributed by atoms with Crippen LogP contribution in [0.15, 0.2) is 76.8 Å². The highest BCUT2D eigenvalue weighted by Gasteiger charge is 2.18. The number of nitrogens with zero attached hydrogens (tertiary/aromatic N) is 1. The van der Waals surface area contributed by atoms with Gasteiger partial charge in [-0.25, -0.2) is 0 Å². The zero-order valence-electron chi connectivity index (χ0n) is 16.1. The van der Waals surface area contributed by atoms with Crippen molar-refractivity contribution < 1.29 is 9.59 Å². The first kappa shape index (κ1) is 20.5. The van der Waals surface area contributed by atoms with Crippen molar-refractivity contribution in [3.05, 3.63) is 103 Å². The fraction of sp³-hybridized carbons (Fsp3) is 0.130. The average Bonchev–Trinajstić information content (AvgIpc) is 3.55. The van der Waals surface area contributed by atoms with Crippen LogP contribution in [-0.4, -0.2) is 16.7 Å². The number of amides is 2. The van der Waals surface area contributed by atoms with E-state index in [0.717, 1.165) is 15.3 Å². The van der Waals surface area contributed by atoms with E-state index in [9.17, 15) is 9.59 Å². The molecule has 0 bridgehead atoms. The molecule has 0 fully saturated rings. The minimum absolute atomic E-state index is 0.00553. The molecular weight excluding hydrogens is 432 g/mol. The molecule has 2 amide bonds. The van der Waals surface area contributed by atoms with E-state index < -0.39 is 0 Å². The lowest BCUT2D eigenvalue weighted by molar-refractivity contribution is 0.0733. The molecule has 3 aromatic heterocycles. The molecular formula is C23H20N2O2S3. The summed E-state index contributed by atoms with van der Waals surface area (Å²) in [7, 11) is 0. The van der Waals surface area contributed by atoms with Crippen molar-refractivity contribution in [2.75, 3.05) is 0 Å². The predicted molar refractivity (Wildman–Crippen MR) is 124 cm³/mol. The molecule has 152 valence electrons. The van der Waals surface area contributed by atoms with Crippen LogP contribution in [-0.2, 0) is 19.6 Å². The number of carbonyl (C=O) groups is 2. The molecule has 4 aromatic rings. The molecule has 0 radical (unpaired) electrons. The summed E-state index contributed by atoms with van der Waals surface area (Å²) < 4.78 is 0. The van der Waals surface area contributed by atoms with Gasteiger partial charge in [-0.3, -0.25) is 9.59 Å². The lowest BCUT2D eigenvalue weighted by Crippen LogP contribution is -2.29. The molecule has 7 heteroatoms. The van der Waals surface area contributed by atoms with Crippen molar-refractivity contribution in [3.63, 3.8) is 0 Å². The van der Waals surface area contributed by atoms with Gasteiger partial charge in [-0.2, -0.15) is 0 Å². The highest BCUT2D eigenvalue weighted by molar-refractivity contribution is 7.12. The van der Waals surface area contributed by atoms with Crippen LogP contribution in [0.25, 0.3) is 0 Å². The fourth-order valence-electron chi connectivity index (χ4n) is 3.01. The van der Waals surface area contributed by atoms with Crippen molar-refractivity contribution in [2.45, 2.75) is 19.6 Å². The number of hydrogen-bond acceptors (Lipinski definition) is 5. The Morgan fingerprint density at radius 2 is 1.37 bits per heavy atom. The second-order valence-corrected chi connectivity index (χ2v) is 9.69. The van der Waals surface area contributed by atoms with Gasteiger partial charge in [-0.15, -0.1) is 34.0 Å². The van der Waals surface area contributed by atoms with E-state index in [2.05, 4.69) is 17.4 Å². The van der Waals surface area contributed by atoms with Crippen LogP contribution in [0, 0.1) is 0 Å². The first-order chi connectivity index (χ1) is 14.7. The Morgan fingerprint density at radius 1 is 0.767 bits per heavy atom. The van der Waals surface area contributed by atoms with Gasteiger partial charge in [0, 0.05) is 21.9 Å². The summed E-state index contributed by atoms with van der Waals surface area (Å²) in [6, 6.07) is 19.3. The first-order valence-corrected chi connectivity index (χ1v) is 12.1. The second-order valence-electron chi connectivity index (χ2n) is 6.68. The normalized spacial score (nSPS) is 10.7. The Morgan fingerprint density at radius 3 is 1.90 bits per heavy atom. The molecule has 0 aliphatic heterocycles. The predicted octanol–water partition coefficient (Wildman–Crippen LogP) is 5.64. The Labute approximate surface area is 187 Å². The number of benzene rings is 1. The molecule has 3 heterocycles. The maximum atomic E-state index is 13.2. The smallest absolute Gasteiger partial charge is 0.261 e. The molecule has 0 saturated heterocycles. The Hall–Kier alpha value is -2.74. The SMILES string of the molecule is O=C(NCc1ccc(C(=O)N(Cc2cccs2)Cc2cccs2)cc1)c1cccs1. The van der Waals surface area contributed by atoms with Gasteiger partial charge < -0.3 is 10.2 Å². The summed E-state index contributed by atoms with van der Waals surface area (Å²) in [5, 5.41) is 8.85. The molecule has 0 aliphatic carbocycles. The van der Waals surface area contributed by atoms with Crippen LogP contribution >= 0.6 is 34.0 Å². The lowest BCUT2D eigenvalue weighted by Gasteiger charge is -2.22. The average molecular weight is 453 g/mol. The monoisotopic (exact) mass is 452 g/mol. The van der Waals surface area contributed by atoms with Gasteiger partial charge in [0.05, 0.1) is 18.0 Å². The van der Waals surface area contributed by atoms with Crippen molar-refractivity contribution >= 4 is 45.8 Å². The lowest BCUT2D eigenvalue weighted by atomic mass is 10.1. The number of carbonyl (C=O) groups excluding carboxylic acids is 2. The summed E-state index contributed by atoms with van der Waals surface area (Å²) >= 11 is 4.73. The fourth-order valence-corrected chi connectivity index (χ4v) is 5.08. The van der Waals surface area contributed by atoms with E-state index in [4.69, 9.17) is 0 Å². The summed E-state index contributed by atoms with van der Waals surface area (Å²) in [4.78, 5) is 30.2. The Kier molecular flexibility index (Phi) is 6.74. The molecule has 1 N–H and O–H groups in total. The number of rotatable bonds is 8. The van der Waals surface area contributed by atoms with Crippen LogP contribution < -0.4 is 5.32 Å². The quantitative estimate of drug-likeness (QED) is 0.376. The molecule has 4 nitrogen and oxygen atoms in total. The minimum Gasteiger partial charge on any atom is -0.347 e. The summed E-state index contributed by atoms with van der Waals surface area (Å²) in [6.45, 7) is 1.61. The molecule has 30 heavy (non-hydrogen) atoms. The van der Waals surface area contributed by atoms with Crippen molar-refractivity contribution in [1.82, 2.24) is 10.2 Å². The third kappa shape index (κ3) is 5.24. The highest BCUT2D eigenvalue weighted by Crippen LogP contribution is 2.20. The largest absolute Gasteiger partial charge is 0.347 e. The van der Waals surface area contributed by atoms with Crippen LogP contribution in [0.5, 0.6) is 0 Å². The standard InChI is InChI=1S/C23H20N2O2S3/c26-22(21-6-3-13-30-21)24-14-17-7-9-18(10-8-17)23(27)25(15-19-4-1-11-28-19)16-20-5-2-12-29-20/h1-13H,14-16H2,(H,24,26). The molecule has 1 aromatic carbocycles. The summed E-state index contributed by atoms with van der Waals surface area (Å²) in [5.41, 5.74) is 1.61. The van der Waals surface area contributed by atoms with E-state index >= 15 is 0 Å². The highest BCUT2D eigenvalue weighted by atomic mass is 32.1. The van der Waals surface area contributed by atoms with E-state index in [0.29, 0.717) is 30.1 Å². The van der Waals surface area contributed by atoms with Crippen LogP contribution in [0.3, 0.4) is 0 Å².